The van der Waals surface area contributed by atoms with Gasteiger partial charge in [-0.15, -0.1) is 10.2 Å². The number of fused-ring (bicyclic) bond motifs is 1. The third kappa shape index (κ3) is 2.50. The molecule has 1 aliphatic heterocycles. The monoisotopic (exact) mass is 324 g/mol. The molecule has 1 atom stereocenters. The summed E-state index contributed by atoms with van der Waals surface area (Å²) < 4.78 is 7.70. The lowest BCUT2D eigenvalue weighted by atomic mass is 10.1. The first kappa shape index (κ1) is 15.0. The van der Waals surface area contributed by atoms with Gasteiger partial charge in [0.1, 0.15) is 11.6 Å². The summed E-state index contributed by atoms with van der Waals surface area (Å²) >= 11 is 0. The first-order valence-corrected chi connectivity index (χ1v) is 8.16. The first-order chi connectivity index (χ1) is 11.6. The third-order valence-corrected chi connectivity index (χ3v) is 4.70. The Morgan fingerprint density at radius 1 is 1.12 bits per heavy atom. The van der Waals surface area contributed by atoms with Gasteiger partial charge in [0, 0.05) is 18.7 Å². The van der Waals surface area contributed by atoms with Crippen molar-refractivity contribution in [2.75, 3.05) is 6.54 Å². The van der Waals surface area contributed by atoms with Crippen LogP contribution < -0.4 is 0 Å². The van der Waals surface area contributed by atoms with Crippen LogP contribution >= 0.6 is 0 Å². The highest BCUT2D eigenvalue weighted by atomic mass is 16.5. The van der Waals surface area contributed by atoms with Crippen molar-refractivity contribution < 1.29 is 4.52 Å². The highest BCUT2D eigenvalue weighted by Crippen LogP contribution is 2.26. The van der Waals surface area contributed by atoms with Crippen LogP contribution in [0.25, 0.3) is 11.4 Å². The maximum Gasteiger partial charge on any atom is 0.244 e. The number of benzene rings is 1. The van der Waals surface area contributed by atoms with Gasteiger partial charge in [0.15, 0.2) is 0 Å². The van der Waals surface area contributed by atoms with Gasteiger partial charge >= 0.3 is 0 Å². The van der Waals surface area contributed by atoms with Crippen LogP contribution in [-0.2, 0) is 13.1 Å². The summed E-state index contributed by atoms with van der Waals surface area (Å²) in [5.74, 6) is 3.24. The topological polar surface area (TPSA) is 72.9 Å². The van der Waals surface area contributed by atoms with Gasteiger partial charge in [-0.25, -0.2) is 0 Å². The fourth-order valence-electron chi connectivity index (χ4n) is 3.15. The van der Waals surface area contributed by atoms with Crippen molar-refractivity contribution in [3.63, 3.8) is 0 Å². The second kappa shape index (κ2) is 5.83. The number of aryl methyl sites for hydroxylation is 2. The molecule has 7 nitrogen and oxygen atoms in total. The molecule has 0 bridgehead atoms. The summed E-state index contributed by atoms with van der Waals surface area (Å²) in [7, 11) is 0. The van der Waals surface area contributed by atoms with E-state index in [1.807, 2.05) is 25.1 Å². The first-order valence-electron chi connectivity index (χ1n) is 8.16. The molecule has 2 aromatic heterocycles. The van der Waals surface area contributed by atoms with Crippen LogP contribution in [0.4, 0.5) is 0 Å². The lowest BCUT2D eigenvalue weighted by Gasteiger charge is -2.30. The maximum absolute atomic E-state index is 5.54. The van der Waals surface area contributed by atoms with E-state index in [4.69, 9.17) is 4.52 Å². The zero-order valence-corrected chi connectivity index (χ0v) is 14.1. The predicted molar refractivity (Wildman–Crippen MR) is 88.1 cm³/mol. The molecule has 1 aliphatic rings. The Labute approximate surface area is 140 Å². The van der Waals surface area contributed by atoms with Gasteiger partial charge in [0.25, 0.3) is 0 Å². The highest BCUT2D eigenvalue weighted by Gasteiger charge is 2.27. The highest BCUT2D eigenvalue weighted by molar-refractivity contribution is 5.58. The number of aromatic nitrogens is 5. The number of hydrogen-bond acceptors (Lipinski definition) is 6. The molecule has 0 N–H and O–H groups in total. The summed E-state index contributed by atoms with van der Waals surface area (Å²) in [5.41, 5.74) is 2.15. The number of rotatable bonds is 3. The Bertz CT molecular complexity index is 868. The smallest absolute Gasteiger partial charge is 0.244 e. The average molecular weight is 324 g/mol. The minimum Gasteiger partial charge on any atom is -0.337 e. The average Bonchev–Trinajstić information content (AvgIpc) is 3.22. The lowest BCUT2D eigenvalue weighted by Crippen LogP contribution is -2.36. The minimum atomic E-state index is 0.0426. The van der Waals surface area contributed by atoms with Gasteiger partial charge in [-0.05, 0) is 26.3 Å². The zero-order valence-electron chi connectivity index (χ0n) is 14.1. The summed E-state index contributed by atoms with van der Waals surface area (Å²) in [5, 5.41) is 12.6. The van der Waals surface area contributed by atoms with Crippen molar-refractivity contribution in [3.8, 4) is 11.4 Å². The summed E-state index contributed by atoms with van der Waals surface area (Å²) in [6.45, 7) is 8.67. The quantitative estimate of drug-likeness (QED) is 0.737. The molecule has 0 saturated heterocycles. The zero-order chi connectivity index (χ0) is 16.7. The largest absolute Gasteiger partial charge is 0.337 e. The van der Waals surface area contributed by atoms with E-state index in [-0.39, 0.29) is 6.04 Å². The van der Waals surface area contributed by atoms with Crippen molar-refractivity contribution in [1.82, 2.24) is 29.8 Å². The Hall–Kier alpha value is -2.54. The fraction of sp³-hybridized carbons (Fsp3) is 0.412. The Morgan fingerprint density at radius 3 is 2.79 bits per heavy atom. The molecular formula is C17H20N6O. The second-order valence-electron chi connectivity index (χ2n) is 6.23. The maximum atomic E-state index is 5.54. The molecule has 3 aromatic rings. The van der Waals surface area contributed by atoms with Gasteiger partial charge in [-0.2, -0.15) is 4.98 Å². The van der Waals surface area contributed by atoms with Crippen molar-refractivity contribution in [2.24, 2.45) is 0 Å². The molecule has 24 heavy (non-hydrogen) atoms. The van der Waals surface area contributed by atoms with E-state index in [9.17, 15) is 0 Å². The predicted octanol–water partition coefficient (Wildman–Crippen LogP) is 2.52. The molecule has 3 heterocycles. The van der Waals surface area contributed by atoms with Gasteiger partial charge in [0.2, 0.25) is 11.7 Å². The van der Waals surface area contributed by atoms with Crippen LogP contribution in [0.1, 0.15) is 36.1 Å². The molecule has 0 spiro atoms. The van der Waals surface area contributed by atoms with Crippen LogP contribution in [0, 0.1) is 13.8 Å². The lowest BCUT2D eigenvalue weighted by molar-refractivity contribution is 0.135. The van der Waals surface area contributed by atoms with Crippen LogP contribution in [0.5, 0.6) is 0 Å². The fourth-order valence-corrected chi connectivity index (χ4v) is 3.15. The summed E-state index contributed by atoms with van der Waals surface area (Å²) in [6, 6.07) is 8.10. The summed E-state index contributed by atoms with van der Waals surface area (Å²) in [6.07, 6.45) is 0. The van der Waals surface area contributed by atoms with Gasteiger partial charge in [-0.1, -0.05) is 29.4 Å². The van der Waals surface area contributed by atoms with Crippen molar-refractivity contribution in [1.29, 1.82) is 0 Å². The molecule has 0 fully saturated rings. The molecule has 0 amide bonds. The van der Waals surface area contributed by atoms with E-state index < -0.39 is 0 Å². The molecule has 4 rings (SSSR count). The van der Waals surface area contributed by atoms with Crippen LogP contribution in [-0.4, -0.2) is 36.3 Å². The summed E-state index contributed by atoms with van der Waals surface area (Å²) in [4.78, 5) is 6.91. The van der Waals surface area contributed by atoms with Crippen LogP contribution in [0.15, 0.2) is 28.8 Å². The van der Waals surface area contributed by atoms with E-state index in [0.717, 1.165) is 42.4 Å². The molecular weight excluding hydrogens is 304 g/mol. The van der Waals surface area contributed by atoms with Gasteiger partial charge in [0.05, 0.1) is 12.6 Å². The van der Waals surface area contributed by atoms with Crippen molar-refractivity contribution in [3.05, 3.63) is 47.4 Å². The molecule has 0 saturated carbocycles. The van der Waals surface area contributed by atoms with E-state index >= 15 is 0 Å². The SMILES string of the molecule is Cc1ccccc1-c1noc(C(C)N2CCn3c(C)nnc3C2)n1. The van der Waals surface area contributed by atoms with Crippen molar-refractivity contribution in [2.45, 2.75) is 39.9 Å². The Kier molecular flexibility index (Phi) is 3.65. The van der Waals surface area contributed by atoms with E-state index in [0.29, 0.717) is 11.7 Å². The van der Waals surface area contributed by atoms with Crippen molar-refractivity contribution >= 4 is 0 Å². The van der Waals surface area contributed by atoms with Gasteiger partial charge < -0.3 is 9.09 Å². The Morgan fingerprint density at radius 2 is 1.96 bits per heavy atom. The standard InChI is InChI=1S/C17H20N6O/c1-11-6-4-5-7-14(11)16-18-17(24-21-16)12(2)22-8-9-23-13(3)19-20-15(23)10-22/h4-7,12H,8-10H2,1-3H3. The van der Waals surface area contributed by atoms with Gasteiger partial charge in [-0.3, -0.25) is 4.90 Å². The molecule has 1 aromatic carbocycles. The Balaban J connectivity index is 1.56. The van der Waals surface area contributed by atoms with E-state index in [1.54, 1.807) is 0 Å². The normalized spacial score (nSPS) is 16.1. The number of hydrogen-bond donors (Lipinski definition) is 0. The van der Waals surface area contributed by atoms with E-state index in [1.165, 1.54) is 0 Å². The van der Waals surface area contributed by atoms with E-state index in [2.05, 4.69) is 49.7 Å². The van der Waals surface area contributed by atoms with Crippen LogP contribution in [0.2, 0.25) is 0 Å². The minimum absolute atomic E-state index is 0.0426. The third-order valence-electron chi connectivity index (χ3n) is 4.70. The molecule has 0 radical (unpaired) electrons. The molecule has 0 aliphatic carbocycles. The van der Waals surface area contributed by atoms with Crippen LogP contribution in [0.3, 0.4) is 0 Å². The number of nitrogens with zero attached hydrogens (tertiary/aromatic N) is 6. The molecule has 1 unspecified atom stereocenters. The molecule has 124 valence electrons. The molecule has 7 heteroatoms. The second-order valence-corrected chi connectivity index (χ2v) is 6.23.